The number of esters is 1. The maximum atomic E-state index is 11.7. The molecule has 2 rings (SSSR count). The van der Waals surface area contributed by atoms with Gasteiger partial charge in [-0.05, 0) is 13.0 Å². The Morgan fingerprint density at radius 2 is 2.10 bits per heavy atom. The first-order valence-corrected chi connectivity index (χ1v) is 6.52. The third-order valence-corrected chi connectivity index (χ3v) is 2.94. The van der Waals surface area contributed by atoms with Crippen LogP contribution in [0.3, 0.4) is 0 Å². The van der Waals surface area contributed by atoms with Crippen molar-refractivity contribution in [2.75, 3.05) is 19.8 Å². The smallest absolute Gasteiger partial charge is 0.326 e. The van der Waals surface area contributed by atoms with Gasteiger partial charge in [0.2, 0.25) is 0 Å². The predicted octanol–water partition coefficient (Wildman–Crippen LogP) is 2.03. The average Bonchev–Trinajstić information content (AvgIpc) is 2.82. The summed E-state index contributed by atoms with van der Waals surface area (Å²) in [5.41, 5.74) is 1.42. The number of hydrogen-bond donors (Lipinski definition) is 0. The molecule has 106 valence electrons. The zero-order valence-corrected chi connectivity index (χ0v) is 11.4. The van der Waals surface area contributed by atoms with Crippen LogP contribution in [0.5, 0.6) is 0 Å². The summed E-state index contributed by atoms with van der Waals surface area (Å²) in [6.45, 7) is 3.21. The Bertz CT molecular complexity index is 603. The van der Waals surface area contributed by atoms with Crippen LogP contribution in [0, 0.1) is 0 Å². The molecule has 20 heavy (non-hydrogen) atoms. The molecule has 5 nitrogen and oxygen atoms in total. The van der Waals surface area contributed by atoms with Crippen molar-refractivity contribution in [1.82, 2.24) is 4.57 Å². The molecule has 2 aromatic rings. The van der Waals surface area contributed by atoms with E-state index in [1.807, 2.05) is 31.2 Å². The Morgan fingerprint density at radius 1 is 1.30 bits per heavy atom. The summed E-state index contributed by atoms with van der Waals surface area (Å²) < 4.78 is 11.9. The summed E-state index contributed by atoms with van der Waals surface area (Å²) in [5.74, 6) is -0.345. The van der Waals surface area contributed by atoms with Gasteiger partial charge in [-0.3, -0.25) is 9.59 Å². The van der Waals surface area contributed by atoms with Crippen LogP contribution in [0.15, 0.2) is 30.5 Å². The normalized spacial score (nSPS) is 10.7. The molecule has 0 amide bonds. The van der Waals surface area contributed by atoms with Crippen molar-refractivity contribution in [1.29, 1.82) is 0 Å². The number of nitrogens with zero attached hydrogens (tertiary/aromatic N) is 1. The zero-order valence-electron chi connectivity index (χ0n) is 11.4. The lowest BCUT2D eigenvalue weighted by atomic mass is 10.2. The Labute approximate surface area is 117 Å². The molecule has 1 heterocycles. The van der Waals surface area contributed by atoms with Crippen LogP contribution < -0.4 is 0 Å². The van der Waals surface area contributed by atoms with Gasteiger partial charge in [0.25, 0.3) is 0 Å². The summed E-state index contributed by atoms with van der Waals surface area (Å²) in [7, 11) is 0. The fraction of sp³-hybridized carbons (Fsp3) is 0.333. The second-order valence-electron chi connectivity index (χ2n) is 4.26. The van der Waals surface area contributed by atoms with E-state index in [9.17, 15) is 9.59 Å². The molecule has 1 aromatic carbocycles. The molecule has 0 saturated carbocycles. The van der Waals surface area contributed by atoms with E-state index in [0.29, 0.717) is 18.8 Å². The number of rotatable bonds is 7. The molecule has 0 unspecified atom stereocenters. The lowest BCUT2D eigenvalue weighted by molar-refractivity contribution is -0.145. The lowest BCUT2D eigenvalue weighted by Crippen LogP contribution is -2.15. The van der Waals surface area contributed by atoms with Gasteiger partial charge in [0.05, 0.1) is 6.61 Å². The van der Waals surface area contributed by atoms with Crippen LogP contribution in [0.1, 0.15) is 17.3 Å². The van der Waals surface area contributed by atoms with Crippen molar-refractivity contribution < 1.29 is 19.1 Å². The van der Waals surface area contributed by atoms with Crippen molar-refractivity contribution in [3.8, 4) is 0 Å². The molecule has 1 aromatic heterocycles. The van der Waals surface area contributed by atoms with E-state index in [1.165, 1.54) is 0 Å². The first-order valence-electron chi connectivity index (χ1n) is 6.52. The number of para-hydroxylation sites is 1. The maximum Gasteiger partial charge on any atom is 0.326 e. The van der Waals surface area contributed by atoms with Crippen molar-refractivity contribution in [2.24, 2.45) is 0 Å². The molecule has 0 N–H and O–H groups in total. The van der Waals surface area contributed by atoms with Crippen LogP contribution in [0.2, 0.25) is 0 Å². The molecule has 0 atom stereocenters. The molecule has 0 spiro atoms. The van der Waals surface area contributed by atoms with Crippen molar-refractivity contribution in [2.45, 2.75) is 13.5 Å². The first-order chi connectivity index (χ1) is 9.76. The van der Waals surface area contributed by atoms with E-state index in [2.05, 4.69) is 0 Å². The lowest BCUT2D eigenvalue weighted by Gasteiger charge is -2.06. The number of fused-ring (bicyclic) bond motifs is 1. The SMILES string of the molecule is CCOCCOC(=O)Cn1cc(C=O)c2ccccc21. The van der Waals surface area contributed by atoms with E-state index < -0.39 is 0 Å². The quantitative estimate of drug-likeness (QED) is 0.441. The molecule has 0 fully saturated rings. The van der Waals surface area contributed by atoms with E-state index in [1.54, 1.807) is 10.8 Å². The van der Waals surface area contributed by atoms with Crippen molar-refractivity contribution in [3.05, 3.63) is 36.0 Å². The molecule has 0 saturated heterocycles. The minimum absolute atomic E-state index is 0.0838. The van der Waals surface area contributed by atoms with Gasteiger partial charge in [0, 0.05) is 29.3 Å². The fourth-order valence-electron chi connectivity index (χ4n) is 2.04. The topological polar surface area (TPSA) is 57.5 Å². The van der Waals surface area contributed by atoms with Crippen LogP contribution in [0.4, 0.5) is 0 Å². The van der Waals surface area contributed by atoms with Gasteiger partial charge in [-0.1, -0.05) is 18.2 Å². The van der Waals surface area contributed by atoms with Gasteiger partial charge in [-0.2, -0.15) is 0 Å². The van der Waals surface area contributed by atoms with E-state index in [0.717, 1.165) is 17.2 Å². The number of carbonyl (C=O) groups excluding carboxylic acids is 2. The number of hydrogen-bond acceptors (Lipinski definition) is 4. The third-order valence-electron chi connectivity index (χ3n) is 2.94. The molecule has 5 heteroatoms. The molecular formula is C15H17NO4. The maximum absolute atomic E-state index is 11.7. The minimum atomic E-state index is -0.345. The van der Waals surface area contributed by atoms with Gasteiger partial charge in [0.15, 0.2) is 6.29 Å². The highest BCUT2D eigenvalue weighted by atomic mass is 16.6. The van der Waals surface area contributed by atoms with Crippen LogP contribution in [-0.4, -0.2) is 36.6 Å². The van der Waals surface area contributed by atoms with E-state index in [4.69, 9.17) is 9.47 Å². The highest BCUT2D eigenvalue weighted by Gasteiger charge is 2.10. The van der Waals surface area contributed by atoms with Gasteiger partial charge in [-0.15, -0.1) is 0 Å². The first kappa shape index (κ1) is 14.3. The summed E-state index contributed by atoms with van der Waals surface area (Å²) in [4.78, 5) is 22.7. The Kier molecular flexibility index (Phi) is 4.90. The molecular weight excluding hydrogens is 258 g/mol. The minimum Gasteiger partial charge on any atom is -0.462 e. The van der Waals surface area contributed by atoms with Gasteiger partial charge >= 0.3 is 5.97 Å². The molecule has 0 bridgehead atoms. The molecule has 0 radical (unpaired) electrons. The molecule has 0 aliphatic rings. The van der Waals surface area contributed by atoms with Crippen LogP contribution in [-0.2, 0) is 20.8 Å². The van der Waals surface area contributed by atoms with E-state index in [-0.39, 0.29) is 19.1 Å². The van der Waals surface area contributed by atoms with E-state index >= 15 is 0 Å². The highest BCUT2D eigenvalue weighted by Crippen LogP contribution is 2.19. The van der Waals surface area contributed by atoms with Crippen LogP contribution >= 0.6 is 0 Å². The monoisotopic (exact) mass is 275 g/mol. The Balaban J connectivity index is 2.06. The number of ether oxygens (including phenoxy) is 2. The number of aldehydes is 1. The van der Waals surface area contributed by atoms with Gasteiger partial charge < -0.3 is 14.0 Å². The van der Waals surface area contributed by atoms with Crippen molar-refractivity contribution >= 4 is 23.2 Å². The summed E-state index contributed by atoms with van der Waals surface area (Å²) in [5, 5.41) is 0.838. The standard InChI is InChI=1S/C15H17NO4/c1-2-19-7-8-20-15(18)10-16-9-12(11-17)13-5-3-4-6-14(13)16/h3-6,9,11H,2,7-8,10H2,1H3. The third kappa shape index (κ3) is 3.24. The zero-order chi connectivity index (χ0) is 14.4. The number of carbonyl (C=O) groups is 2. The highest BCUT2D eigenvalue weighted by molar-refractivity contribution is 5.98. The predicted molar refractivity (Wildman–Crippen MR) is 74.8 cm³/mol. The summed E-state index contributed by atoms with van der Waals surface area (Å²) >= 11 is 0. The largest absolute Gasteiger partial charge is 0.462 e. The van der Waals surface area contributed by atoms with Crippen LogP contribution in [0.25, 0.3) is 10.9 Å². The Morgan fingerprint density at radius 3 is 2.85 bits per heavy atom. The molecule has 0 aliphatic carbocycles. The number of benzene rings is 1. The fourth-order valence-corrected chi connectivity index (χ4v) is 2.04. The summed E-state index contributed by atoms with van der Waals surface area (Å²) in [6.07, 6.45) is 2.46. The molecule has 0 aliphatic heterocycles. The average molecular weight is 275 g/mol. The van der Waals surface area contributed by atoms with Gasteiger partial charge in [-0.25, -0.2) is 0 Å². The van der Waals surface area contributed by atoms with Crippen molar-refractivity contribution in [3.63, 3.8) is 0 Å². The van der Waals surface area contributed by atoms with Gasteiger partial charge in [0.1, 0.15) is 13.2 Å². The number of aromatic nitrogens is 1. The Hall–Kier alpha value is -2.14. The summed E-state index contributed by atoms with van der Waals surface area (Å²) in [6, 6.07) is 7.46. The second kappa shape index (κ2) is 6.86. The second-order valence-corrected chi connectivity index (χ2v) is 4.26.